The zero-order chi connectivity index (χ0) is 17.8. The van der Waals surface area contributed by atoms with Crippen molar-refractivity contribution in [2.75, 3.05) is 36.4 Å². The summed E-state index contributed by atoms with van der Waals surface area (Å²) in [6, 6.07) is 6.00. The maximum atomic E-state index is 12.4. The van der Waals surface area contributed by atoms with E-state index in [2.05, 4.69) is 20.2 Å². The number of nitrogens with one attached hydrogen (secondary N) is 1. The summed E-state index contributed by atoms with van der Waals surface area (Å²) in [5.74, 6) is 2.18. The van der Waals surface area contributed by atoms with Gasteiger partial charge in [-0.2, -0.15) is 0 Å². The van der Waals surface area contributed by atoms with Gasteiger partial charge in [-0.1, -0.05) is 19.3 Å². The third-order valence-electron chi connectivity index (χ3n) is 5.23. The van der Waals surface area contributed by atoms with Crippen LogP contribution in [-0.2, 0) is 0 Å². The standard InChI is InChI=1S/C19H25N5O2/c25-19(16-7-4-12-26-16)24-10-8-23(9-11-24)18-13-17(20-14-21-18)22-15-5-2-1-3-6-15/h4,7,12-15H,1-3,5-6,8-11H2,(H,20,21,22). The van der Waals surface area contributed by atoms with Crippen LogP contribution in [0, 0.1) is 0 Å². The molecule has 26 heavy (non-hydrogen) atoms. The molecule has 1 saturated heterocycles. The number of aromatic nitrogens is 2. The highest BCUT2D eigenvalue weighted by atomic mass is 16.3. The lowest BCUT2D eigenvalue weighted by Gasteiger charge is -2.35. The van der Waals surface area contributed by atoms with Crippen molar-refractivity contribution < 1.29 is 9.21 Å². The van der Waals surface area contributed by atoms with Gasteiger partial charge in [-0.3, -0.25) is 4.79 Å². The summed E-state index contributed by atoms with van der Waals surface area (Å²) in [7, 11) is 0. The summed E-state index contributed by atoms with van der Waals surface area (Å²) < 4.78 is 5.21. The molecule has 0 bridgehead atoms. The highest BCUT2D eigenvalue weighted by molar-refractivity contribution is 5.91. The maximum Gasteiger partial charge on any atom is 0.289 e. The number of furan rings is 1. The predicted octanol–water partition coefficient (Wildman–Crippen LogP) is 2.78. The Labute approximate surface area is 153 Å². The molecule has 3 heterocycles. The molecule has 7 heteroatoms. The third kappa shape index (κ3) is 3.81. The molecule has 2 aliphatic rings. The lowest BCUT2D eigenvalue weighted by molar-refractivity contribution is 0.0714. The quantitative estimate of drug-likeness (QED) is 0.909. The molecule has 0 aromatic carbocycles. The van der Waals surface area contributed by atoms with Gasteiger partial charge in [-0.05, 0) is 25.0 Å². The Kier molecular flexibility index (Phi) is 5.04. The Morgan fingerprint density at radius 1 is 1.12 bits per heavy atom. The first-order valence-corrected chi connectivity index (χ1v) is 9.46. The molecule has 1 N–H and O–H groups in total. The van der Waals surface area contributed by atoms with Crippen LogP contribution >= 0.6 is 0 Å². The highest BCUT2D eigenvalue weighted by Gasteiger charge is 2.24. The Bertz CT molecular complexity index is 719. The van der Waals surface area contributed by atoms with Crippen molar-refractivity contribution in [1.29, 1.82) is 0 Å². The number of piperazine rings is 1. The Hall–Kier alpha value is -2.57. The Balaban J connectivity index is 1.35. The molecule has 2 aromatic heterocycles. The van der Waals surface area contributed by atoms with Crippen LogP contribution in [0.4, 0.5) is 11.6 Å². The van der Waals surface area contributed by atoms with Gasteiger partial charge in [0.05, 0.1) is 6.26 Å². The van der Waals surface area contributed by atoms with E-state index in [4.69, 9.17) is 4.42 Å². The summed E-state index contributed by atoms with van der Waals surface area (Å²) in [5, 5.41) is 3.55. The Morgan fingerprint density at radius 3 is 2.65 bits per heavy atom. The summed E-state index contributed by atoms with van der Waals surface area (Å²) in [6.45, 7) is 2.84. The van der Waals surface area contributed by atoms with E-state index in [0.29, 0.717) is 24.9 Å². The van der Waals surface area contributed by atoms with Gasteiger partial charge in [-0.25, -0.2) is 9.97 Å². The number of carbonyl (C=O) groups excluding carboxylic acids is 1. The minimum Gasteiger partial charge on any atom is -0.459 e. The van der Waals surface area contributed by atoms with Crippen molar-refractivity contribution in [3.05, 3.63) is 36.5 Å². The summed E-state index contributed by atoms with van der Waals surface area (Å²) >= 11 is 0. The van der Waals surface area contributed by atoms with Crippen molar-refractivity contribution in [2.45, 2.75) is 38.1 Å². The molecule has 0 radical (unpaired) electrons. The van der Waals surface area contributed by atoms with E-state index in [9.17, 15) is 4.79 Å². The molecular weight excluding hydrogens is 330 g/mol. The fourth-order valence-electron chi connectivity index (χ4n) is 3.75. The van der Waals surface area contributed by atoms with Gasteiger partial charge < -0.3 is 19.5 Å². The van der Waals surface area contributed by atoms with Crippen molar-refractivity contribution in [3.8, 4) is 0 Å². The summed E-state index contributed by atoms with van der Waals surface area (Å²) in [4.78, 5) is 25.2. The fraction of sp³-hybridized carbons (Fsp3) is 0.526. The second-order valence-corrected chi connectivity index (χ2v) is 7.00. The van der Waals surface area contributed by atoms with Gasteiger partial charge in [0.1, 0.15) is 18.0 Å². The molecule has 4 rings (SSSR count). The molecule has 2 aromatic rings. The highest BCUT2D eigenvalue weighted by Crippen LogP contribution is 2.23. The third-order valence-corrected chi connectivity index (χ3v) is 5.23. The van der Waals surface area contributed by atoms with E-state index >= 15 is 0 Å². The molecule has 7 nitrogen and oxygen atoms in total. The van der Waals surface area contributed by atoms with Gasteiger partial charge in [0.15, 0.2) is 5.76 Å². The van der Waals surface area contributed by atoms with Gasteiger partial charge in [0.25, 0.3) is 5.91 Å². The van der Waals surface area contributed by atoms with Crippen LogP contribution < -0.4 is 10.2 Å². The van der Waals surface area contributed by atoms with Crippen LogP contribution in [0.3, 0.4) is 0 Å². The van der Waals surface area contributed by atoms with Crippen molar-refractivity contribution >= 4 is 17.5 Å². The maximum absolute atomic E-state index is 12.4. The zero-order valence-electron chi connectivity index (χ0n) is 14.9. The van der Waals surface area contributed by atoms with E-state index < -0.39 is 0 Å². The van der Waals surface area contributed by atoms with E-state index in [0.717, 1.165) is 24.7 Å². The molecule has 0 unspecified atom stereocenters. The van der Waals surface area contributed by atoms with Crippen LogP contribution in [0.25, 0.3) is 0 Å². The van der Waals surface area contributed by atoms with Crippen molar-refractivity contribution in [2.24, 2.45) is 0 Å². The van der Waals surface area contributed by atoms with Crippen LogP contribution in [-0.4, -0.2) is 53.0 Å². The van der Waals surface area contributed by atoms with Crippen molar-refractivity contribution in [3.63, 3.8) is 0 Å². The van der Waals surface area contributed by atoms with Gasteiger partial charge in [0, 0.05) is 38.3 Å². The smallest absolute Gasteiger partial charge is 0.289 e. The van der Waals surface area contributed by atoms with Gasteiger partial charge in [0.2, 0.25) is 0 Å². The zero-order valence-corrected chi connectivity index (χ0v) is 14.9. The summed E-state index contributed by atoms with van der Waals surface area (Å²) in [6.07, 6.45) is 9.52. The minimum atomic E-state index is -0.0445. The first-order valence-electron chi connectivity index (χ1n) is 9.46. The number of carbonyl (C=O) groups is 1. The number of anilines is 2. The van der Waals surface area contributed by atoms with Crippen LogP contribution in [0.1, 0.15) is 42.7 Å². The fourth-order valence-corrected chi connectivity index (χ4v) is 3.75. The Morgan fingerprint density at radius 2 is 1.92 bits per heavy atom. The first kappa shape index (κ1) is 16.9. The van der Waals surface area contributed by atoms with E-state index in [1.54, 1.807) is 18.5 Å². The number of rotatable bonds is 4. The summed E-state index contributed by atoms with van der Waals surface area (Å²) in [5.41, 5.74) is 0. The molecule has 1 amide bonds. The van der Waals surface area contributed by atoms with E-state index in [1.807, 2.05) is 11.0 Å². The largest absolute Gasteiger partial charge is 0.459 e. The molecule has 1 aliphatic heterocycles. The van der Waals surface area contributed by atoms with Gasteiger partial charge in [-0.15, -0.1) is 0 Å². The lowest BCUT2D eigenvalue weighted by Crippen LogP contribution is -2.49. The average Bonchev–Trinajstić information content (AvgIpc) is 3.23. The number of hydrogen-bond donors (Lipinski definition) is 1. The van der Waals surface area contributed by atoms with E-state index in [-0.39, 0.29) is 5.91 Å². The molecule has 138 valence electrons. The lowest BCUT2D eigenvalue weighted by atomic mass is 9.95. The second-order valence-electron chi connectivity index (χ2n) is 7.00. The van der Waals surface area contributed by atoms with Gasteiger partial charge >= 0.3 is 0 Å². The molecule has 0 atom stereocenters. The van der Waals surface area contributed by atoms with Crippen LogP contribution in [0.5, 0.6) is 0 Å². The molecule has 2 fully saturated rings. The SMILES string of the molecule is O=C(c1ccco1)N1CCN(c2cc(NC3CCCCC3)ncn2)CC1. The topological polar surface area (TPSA) is 74.5 Å². The molecule has 0 spiro atoms. The predicted molar refractivity (Wildman–Crippen MR) is 99.4 cm³/mol. The second kappa shape index (κ2) is 7.76. The molecule has 1 saturated carbocycles. The molecular formula is C19H25N5O2. The number of hydrogen-bond acceptors (Lipinski definition) is 6. The normalized spacial score (nSPS) is 18.8. The van der Waals surface area contributed by atoms with Crippen molar-refractivity contribution in [1.82, 2.24) is 14.9 Å². The van der Waals surface area contributed by atoms with E-state index in [1.165, 1.54) is 38.4 Å². The van der Waals surface area contributed by atoms with Crippen LogP contribution in [0.15, 0.2) is 35.2 Å². The monoisotopic (exact) mass is 355 g/mol. The first-order chi connectivity index (χ1) is 12.8. The molecule has 1 aliphatic carbocycles. The number of amides is 1. The van der Waals surface area contributed by atoms with Crippen LogP contribution in [0.2, 0.25) is 0 Å². The minimum absolute atomic E-state index is 0.0445. The average molecular weight is 355 g/mol. The number of nitrogens with zero attached hydrogens (tertiary/aromatic N) is 4.